The van der Waals surface area contributed by atoms with Gasteiger partial charge < -0.3 is 20.5 Å². The average Bonchev–Trinajstić information content (AvgIpc) is 2.91. The number of carbonyl (C=O) groups is 1. The third-order valence-corrected chi connectivity index (χ3v) is 5.33. The maximum Gasteiger partial charge on any atom is 0.573 e. The van der Waals surface area contributed by atoms with Crippen LogP contribution in [0.15, 0.2) is 30.3 Å². The highest BCUT2D eigenvalue weighted by atomic mass is 35.5. The first kappa shape index (κ1) is 21.5. The first-order valence-electron chi connectivity index (χ1n) is 8.59. The molecule has 2 amide bonds. The summed E-state index contributed by atoms with van der Waals surface area (Å²) in [7, 11) is 0. The maximum atomic E-state index is 12.2. The van der Waals surface area contributed by atoms with Crippen LogP contribution in [0.25, 0.3) is 0 Å². The molecule has 10 heteroatoms. The van der Waals surface area contributed by atoms with Gasteiger partial charge in [0.25, 0.3) is 0 Å². The predicted octanol–water partition coefficient (Wildman–Crippen LogP) is 5.37. The number of ether oxygens (including phenoxy) is 1. The molecule has 2 aromatic carbocycles. The number of halogens is 5. The second-order valence-electron chi connectivity index (χ2n) is 6.85. The number of urea groups is 1. The van der Waals surface area contributed by atoms with Gasteiger partial charge in [0, 0.05) is 6.54 Å². The van der Waals surface area contributed by atoms with E-state index < -0.39 is 18.0 Å². The summed E-state index contributed by atoms with van der Waals surface area (Å²) in [6, 6.07) is 6.11. The zero-order valence-electron chi connectivity index (χ0n) is 15.2. The molecule has 1 atom stereocenters. The summed E-state index contributed by atoms with van der Waals surface area (Å²) in [5.74, 6) is -0.349. The molecule has 2 aromatic rings. The lowest BCUT2D eigenvalue weighted by Gasteiger charge is -2.20. The number of alkyl halides is 3. The molecule has 0 aromatic heterocycles. The number of hydrogen-bond donors (Lipinski definition) is 3. The Morgan fingerprint density at radius 2 is 1.93 bits per heavy atom. The minimum atomic E-state index is -4.76. The number of rotatable bonds is 4. The Labute approximate surface area is 174 Å². The highest BCUT2D eigenvalue weighted by Crippen LogP contribution is 2.45. The quantitative estimate of drug-likeness (QED) is 0.588. The molecule has 5 nitrogen and oxygen atoms in total. The van der Waals surface area contributed by atoms with Gasteiger partial charge in [0.2, 0.25) is 0 Å². The van der Waals surface area contributed by atoms with Gasteiger partial charge in [-0.25, -0.2) is 4.79 Å². The summed E-state index contributed by atoms with van der Waals surface area (Å²) in [5, 5.41) is 16.0. The third-order valence-electron chi connectivity index (χ3n) is 4.61. The number of hydrogen-bond acceptors (Lipinski definition) is 3. The Kier molecular flexibility index (Phi) is 5.89. The first-order valence-corrected chi connectivity index (χ1v) is 9.35. The molecule has 0 heterocycles. The van der Waals surface area contributed by atoms with E-state index in [1.807, 2.05) is 0 Å². The number of benzene rings is 2. The molecule has 0 saturated heterocycles. The smallest absolute Gasteiger partial charge is 0.406 e. The highest BCUT2D eigenvalue weighted by Gasteiger charge is 2.35. The lowest BCUT2D eigenvalue weighted by atomic mass is 9.98. The first-order chi connectivity index (χ1) is 13.5. The normalized spacial score (nSPS) is 18.3. The van der Waals surface area contributed by atoms with Crippen LogP contribution in [-0.2, 0) is 18.6 Å². The van der Waals surface area contributed by atoms with Crippen LogP contribution in [0.2, 0.25) is 10.0 Å². The van der Waals surface area contributed by atoms with Crippen LogP contribution in [0, 0.1) is 0 Å². The van der Waals surface area contributed by atoms with Crippen LogP contribution in [0.1, 0.15) is 30.0 Å². The monoisotopic (exact) mass is 448 g/mol. The fourth-order valence-corrected chi connectivity index (χ4v) is 3.80. The number of anilines is 1. The Hall–Kier alpha value is -2.16. The van der Waals surface area contributed by atoms with Gasteiger partial charge >= 0.3 is 12.4 Å². The van der Waals surface area contributed by atoms with Gasteiger partial charge in [-0.3, -0.25) is 0 Å². The summed E-state index contributed by atoms with van der Waals surface area (Å²) < 4.78 is 40.3. The summed E-state index contributed by atoms with van der Waals surface area (Å²) in [5.41, 5.74) is 1.15. The topological polar surface area (TPSA) is 70.6 Å². The average molecular weight is 449 g/mol. The van der Waals surface area contributed by atoms with E-state index in [0.717, 1.165) is 17.7 Å². The number of carbonyl (C=O) groups excluding carboxylic acids is 1. The van der Waals surface area contributed by atoms with E-state index in [9.17, 15) is 23.1 Å². The molecule has 0 radical (unpaired) electrons. The fourth-order valence-electron chi connectivity index (χ4n) is 3.15. The molecule has 0 saturated carbocycles. The molecule has 0 fully saturated rings. The molecule has 1 aliphatic rings. The Morgan fingerprint density at radius 1 is 1.28 bits per heavy atom. The van der Waals surface area contributed by atoms with Crippen molar-refractivity contribution in [3.05, 3.63) is 57.1 Å². The minimum Gasteiger partial charge on any atom is -0.406 e. The fraction of sp³-hybridized carbons (Fsp3) is 0.316. The molecule has 29 heavy (non-hydrogen) atoms. The number of aliphatic hydroxyl groups is 1. The summed E-state index contributed by atoms with van der Waals surface area (Å²) in [6.07, 6.45) is -3.70. The lowest BCUT2D eigenvalue weighted by Crippen LogP contribution is -2.28. The van der Waals surface area contributed by atoms with Crippen LogP contribution >= 0.6 is 23.2 Å². The molecule has 156 valence electrons. The predicted molar refractivity (Wildman–Crippen MR) is 103 cm³/mol. The van der Waals surface area contributed by atoms with Gasteiger partial charge in [-0.05, 0) is 54.7 Å². The van der Waals surface area contributed by atoms with E-state index >= 15 is 0 Å². The number of amides is 2. The Bertz CT molecular complexity index is 932. The van der Waals surface area contributed by atoms with Gasteiger partial charge in [-0.15, -0.1) is 13.2 Å². The summed E-state index contributed by atoms with van der Waals surface area (Å²) in [6.45, 7) is 1.74. The van der Waals surface area contributed by atoms with E-state index in [1.165, 1.54) is 12.1 Å². The summed E-state index contributed by atoms with van der Waals surface area (Å²) >= 11 is 12.6. The van der Waals surface area contributed by atoms with Crippen LogP contribution in [-0.4, -0.2) is 17.5 Å². The summed E-state index contributed by atoms with van der Waals surface area (Å²) in [4.78, 5) is 12.2. The van der Waals surface area contributed by atoms with Crippen LogP contribution in [0.5, 0.6) is 5.75 Å². The van der Waals surface area contributed by atoms with Crippen LogP contribution < -0.4 is 15.4 Å². The molecule has 0 aliphatic heterocycles. The van der Waals surface area contributed by atoms with Gasteiger partial charge in [0.15, 0.2) is 0 Å². The number of fused-ring (bicyclic) bond motifs is 1. The largest absolute Gasteiger partial charge is 0.573 e. The van der Waals surface area contributed by atoms with Gasteiger partial charge in [0.1, 0.15) is 5.75 Å². The molecule has 1 aliphatic carbocycles. The molecule has 0 spiro atoms. The zero-order valence-corrected chi connectivity index (χ0v) is 16.7. The molecular weight excluding hydrogens is 432 g/mol. The van der Waals surface area contributed by atoms with Crippen LogP contribution in [0.4, 0.5) is 23.7 Å². The highest BCUT2D eigenvalue weighted by molar-refractivity contribution is 6.40. The van der Waals surface area contributed by atoms with E-state index in [4.69, 9.17) is 23.2 Å². The van der Waals surface area contributed by atoms with Crippen molar-refractivity contribution in [2.75, 3.05) is 5.32 Å². The van der Waals surface area contributed by atoms with Crippen molar-refractivity contribution >= 4 is 34.9 Å². The SMILES string of the molecule is CC1(O)CCc2c1cc(Cl)c(NC(=O)NCc1ccc(OC(F)(F)F)cc1)c2Cl. The lowest BCUT2D eigenvalue weighted by molar-refractivity contribution is -0.274. The van der Waals surface area contributed by atoms with E-state index in [2.05, 4.69) is 15.4 Å². The van der Waals surface area contributed by atoms with Crippen molar-refractivity contribution in [3.8, 4) is 5.75 Å². The molecule has 1 unspecified atom stereocenters. The van der Waals surface area contributed by atoms with Crippen molar-refractivity contribution in [1.29, 1.82) is 0 Å². The molecule has 0 bridgehead atoms. The second kappa shape index (κ2) is 7.93. The second-order valence-corrected chi connectivity index (χ2v) is 7.63. The van der Waals surface area contributed by atoms with Crippen molar-refractivity contribution < 1.29 is 27.8 Å². The molecular formula is C19H17Cl2F3N2O3. The van der Waals surface area contributed by atoms with Crippen molar-refractivity contribution in [2.45, 2.75) is 38.3 Å². The van der Waals surface area contributed by atoms with E-state index in [0.29, 0.717) is 24.0 Å². The third kappa shape index (κ3) is 5.07. The minimum absolute atomic E-state index is 0.0625. The van der Waals surface area contributed by atoms with E-state index in [1.54, 1.807) is 13.0 Å². The van der Waals surface area contributed by atoms with Crippen molar-refractivity contribution in [2.24, 2.45) is 0 Å². The molecule has 3 N–H and O–H groups in total. The number of nitrogens with one attached hydrogen (secondary N) is 2. The van der Waals surface area contributed by atoms with Crippen molar-refractivity contribution in [1.82, 2.24) is 5.32 Å². The Balaban J connectivity index is 1.63. The van der Waals surface area contributed by atoms with Gasteiger partial charge in [-0.1, -0.05) is 35.3 Å². The van der Waals surface area contributed by atoms with Gasteiger partial charge in [0.05, 0.1) is 21.3 Å². The Morgan fingerprint density at radius 3 is 2.55 bits per heavy atom. The van der Waals surface area contributed by atoms with Crippen molar-refractivity contribution in [3.63, 3.8) is 0 Å². The van der Waals surface area contributed by atoms with E-state index in [-0.39, 0.29) is 28.0 Å². The molecule has 3 rings (SSSR count). The zero-order chi connectivity index (χ0) is 21.4. The van der Waals surface area contributed by atoms with Gasteiger partial charge in [-0.2, -0.15) is 0 Å². The van der Waals surface area contributed by atoms with Crippen LogP contribution in [0.3, 0.4) is 0 Å². The maximum absolute atomic E-state index is 12.2. The standard InChI is InChI=1S/C19H17Cl2F3N2O3/c1-18(28)7-6-12-13(18)8-14(20)16(15(12)21)26-17(27)25-9-10-2-4-11(5-3-10)29-19(22,23)24/h2-5,8,28H,6-7,9H2,1H3,(H2,25,26,27).